The van der Waals surface area contributed by atoms with E-state index in [2.05, 4.69) is 21.2 Å². The first-order valence-corrected chi connectivity index (χ1v) is 10.9. The topological polar surface area (TPSA) is 81.5 Å². The molecular weight excluding hydrogens is 617 g/mol. The van der Waals surface area contributed by atoms with Gasteiger partial charge in [-0.3, -0.25) is 9.78 Å². The summed E-state index contributed by atoms with van der Waals surface area (Å²) < 4.78 is 0. The van der Waals surface area contributed by atoms with Gasteiger partial charge < -0.3 is 15.4 Å². The number of carbonyl (C=O) groups is 1. The maximum absolute atomic E-state index is 10.1. The molecule has 35 heavy (non-hydrogen) atoms. The second-order valence-corrected chi connectivity index (χ2v) is 7.66. The summed E-state index contributed by atoms with van der Waals surface area (Å²) in [5.41, 5.74) is 5.71. The third kappa shape index (κ3) is 6.68. The van der Waals surface area contributed by atoms with E-state index < -0.39 is 12.0 Å². The maximum atomic E-state index is 10.1. The monoisotopic (exact) mass is 639 g/mol. The van der Waals surface area contributed by atoms with E-state index in [1.807, 2.05) is 72.8 Å². The number of rotatable bonds is 4. The second-order valence-electron chi connectivity index (χ2n) is 7.66. The largest absolute Gasteiger partial charge is 0.650 e. The van der Waals surface area contributed by atoms with E-state index in [1.165, 1.54) is 0 Å². The third-order valence-electron chi connectivity index (χ3n) is 5.33. The van der Waals surface area contributed by atoms with E-state index in [4.69, 9.17) is 16.7 Å². The fourth-order valence-corrected chi connectivity index (χ4v) is 3.62. The van der Waals surface area contributed by atoms with Gasteiger partial charge in [-0.25, -0.2) is 4.85 Å². The smallest absolute Gasteiger partial charge is 0.285 e. The minimum absolute atomic E-state index is 0. The molecule has 2 heterocycles. The predicted octanol–water partition coefficient (Wildman–Crippen LogP) is 6.43. The molecule has 1 atom stereocenters. The Morgan fingerprint density at radius 1 is 1.03 bits per heavy atom. The van der Waals surface area contributed by atoms with Crippen LogP contribution in [0, 0.1) is 12.6 Å². The van der Waals surface area contributed by atoms with Gasteiger partial charge in [-0.2, -0.15) is 0 Å². The van der Waals surface area contributed by atoms with E-state index >= 15 is 0 Å². The van der Waals surface area contributed by atoms with Crippen molar-refractivity contribution in [2.45, 2.75) is 18.9 Å². The molecule has 1 aliphatic rings. The summed E-state index contributed by atoms with van der Waals surface area (Å²) in [5, 5.41) is 12.2. The van der Waals surface area contributed by atoms with Crippen molar-refractivity contribution in [3.8, 4) is 33.8 Å². The molecule has 0 saturated carbocycles. The Labute approximate surface area is 218 Å². The summed E-state index contributed by atoms with van der Waals surface area (Å²) in [6.45, 7) is 7.94. The van der Waals surface area contributed by atoms with Gasteiger partial charge in [0.15, 0.2) is 5.69 Å². The number of aliphatic carboxylic acids is 1. The van der Waals surface area contributed by atoms with E-state index in [-0.39, 0.29) is 20.1 Å². The first-order valence-electron chi connectivity index (χ1n) is 10.9. The fourth-order valence-electron chi connectivity index (χ4n) is 3.62. The zero-order chi connectivity index (χ0) is 23.8. The average molecular weight is 639 g/mol. The number of carboxylic acid groups (broad SMARTS) is 1. The summed E-state index contributed by atoms with van der Waals surface area (Å²) >= 11 is 0. The van der Waals surface area contributed by atoms with Crippen LogP contribution < -0.4 is 0 Å². The van der Waals surface area contributed by atoms with Crippen molar-refractivity contribution >= 4 is 11.7 Å². The molecule has 1 radical (unpaired) electrons. The van der Waals surface area contributed by atoms with Gasteiger partial charge in [0.2, 0.25) is 0 Å². The second kappa shape index (κ2) is 12.7. The molecule has 1 N–H and O–H groups in total. The Kier molecular flexibility index (Phi) is 9.39. The van der Waals surface area contributed by atoms with Crippen molar-refractivity contribution in [2.24, 2.45) is 0 Å². The van der Waals surface area contributed by atoms with E-state index in [0.29, 0.717) is 5.69 Å². The number of hydrogen-bond acceptors (Lipinski definition) is 3. The van der Waals surface area contributed by atoms with Gasteiger partial charge >= 0.3 is 0 Å². The molecule has 5 rings (SSSR count). The molecule has 0 spiro atoms. The van der Waals surface area contributed by atoms with Crippen LogP contribution in [0.1, 0.15) is 12.8 Å². The molecule has 1 saturated heterocycles. The van der Waals surface area contributed by atoms with Gasteiger partial charge in [0.25, 0.3) is 5.97 Å². The first kappa shape index (κ1) is 25.9. The molecule has 4 aromatic rings. The van der Waals surface area contributed by atoms with Crippen LogP contribution in [0.15, 0.2) is 85.1 Å². The van der Waals surface area contributed by atoms with Crippen molar-refractivity contribution in [3.63, 3.8) is 0 Å². The Hall–Kier alpha value is -3.69. The Morgan fingerprint density at radius 3 is 2.43 bits per heavy atom. The summed E-state index contributed by atoms with van der Waals surface area (Å²) in [5.74, 6) is -0.775. The molecular formula is C28H22IrN4O2-2. The summed E-state index contributed by atoms with van der Waals surface area (Å²) in [7, 11) is 0. The van der Waals surface area contributed by atoms with Crippen LogP contribution in [0.5, 0.6) is 0 Å². The normalized spacial score (nSPS) is 14.1. The summed E-state index contributed by atoms with van der Waals surface area (Å²) in [6.07, 6.45) is 3.43. The zero-order valence-corrected chi connectivity index (χ0v) is 21.2. The van der Waals surface area contributed by atoms with Crippen LogP contribution in [-0.4, -0.2) is 33.6 Å². The van der Waals surface area contributed by atoms with E-state index in [9.17, 15) is 4.79 Å². The van der Waals surface area contributed by atoms with Crippen LogP contribution in [0.2, 0.25) is 0 Å². The maximum Gasteiger partial charge on any atom is 0.285 e. The van der Waals surface area contributed by atoms with Gasteiger partial charge in [0, 0.05) is 32.0 Å². The van der Waals surface area contributed by atoms with Crippen LogP contribution >= 0.6 is 0 Å². The van der Waals surface area contributed by atoms with Crippen LogP contribution in [0.25, 0.3) is 43.9 Å². The minimum Gasteiger partial charge on any atom is -0.650 e. The average Bonchev–Trinajstić information content (AvgIpc) is 3.46. The number of aromatic nitrogens is 2. The van der Waals surface area contributed by atoms with Gasteiger partial charge in [0.05, 0.1) is 18.0 Å². The number of carboxylic acids is 1. The van der Waals surface area contributed by atoms with Crippen molar-refractivity contribution < 1.29 is 30.0 Å². The number of hydrogen-bond donors (Lipinski definition) is 1. The molecule has 6 nitrogen and oxygen atoms in total. The number of nitrogens with zero attached hydrogens (tertiary/aromatic N) is 4. The standard InChI is InChI=1S/C23H14N3.C5H8NO2.Ir/c1-24-20-14-8-13-19(15-20)21-16-25-22(17-9-4-2-5-10-17)23(26-21)18-11-6-3-7-12-18;7-5(8)4-2-1-3-6-4;/h2-9,11-16H;4H,1-3H2,(H,7,8);/q2*-1;. The first-order chi connectivity index (χ1) is 16.7. The molecule has 0 amide bonds. The van der Waals surface area contributed by atoms with Crippen molar-refractivity contribution in [1.29, 1.82) is 0 Å². The van der Waals surface area contributed by atoms with Crippen LogP contribution in [-0.2, 0) is 24.9 Å². The molecule has 1 fully saturated rings. The zero-order valence-electron chi connectivity index (χ0n) is 18.8. The van der Waals surface area contributed by atoms with Gasteiger partial charge in [-0.15, -0.1) is 42.4 Å². The van der Waals surface area contributed by atoms with Crippen molar-refractivity contribution in [3.05, 3.63) is 108 Å². The molecule has 1 aliphatic heterocycles. The third-order valence-corrected chi connectivity index (χ3v) is 5.33. The Balaban J connectivity index is 0.000000325. The molecule has 177 valence electrons. The Bertz CT molecular complexity index is 1300. The van der Waals surface area contributed by atoms with E-state index in [1.54, 1.807) is 12.3 Å². The quantitative estimate of drug-likeness (QED) is 0.261. The van der Waals surface area contributed by atoms with Crippen LogP contribution in [0.4, 0.5) is 5.69 Å². The van der Waals surface area contributed by atoms with Gasteiger partial charge in [0.1, 0.15) is 0 Å². The van der Waals surface area contributed by atoms with Gasteiger partial charge in [-0.05, 0) is 23.2 Å². The van der Waals surface area contributed by atoms with E-state index in [0.717, 1.165) is 53.2 Å². The molecule has 0 bridgehead atoms. The Morgan fingerprint density at radius 2 is 1.80 bits per heavy atom. The predicted molar refractivity (Wildman–Crippen MR) is 132 cm³/mol. The molecule has 3 aromatic carbocycles. The summed E-state index contributed by atoms with van der Waals surface area (Å²) in [4.78, 5) is 23.2. The van der Waals surface area contributed by atoms with Crippen LogP contribution in [0.3, 0.4) is 0 Å². The van der Waals surface area contributed by atoms with Crippen molar-refractivity contribution in [1.82, 2.24) is 9.97 Å². The SMILES string of the molecule is O=C(O)C1CCC[N-]1.[C-]#[N+]c1cccc(-c2cnc(-c3[c-]cccc3)c(-c3ccccc3)n2)c1.[Ir]. The van der Waals surface area contributed by atoms with Crippen molar-refractivity contribution in [2.75, 3.05) is 6.54 Å². The molecule has 1 unspecified atom stereocenters. The summed E-state index contributed by atoms with van der Waals surface area (Å²) in [6, 6.07) is 28.0. The minimum atomic E-state index is -0.775. The van der Waals surface area contributed by atoms with Gasteiger partial charge in [-0.1, -0.05) is 61.4 Å². The molecule has 1 aromatic heterocycles. The molecule has 0 aliphatic carbocycles. The fraction of sp³-hybridized carbons (Fsp3) is 0.143. The molecule has 7 heteroatoms. The number of benzene rings is 3.